The van der Waals surface area contributed by atoms with Crippen molar-refractivity contribution in [3.8, 4) is 0 Å². The van der Waals surface area contributed by atoms with Crippen LogP contribution < -0.4 is 5.73 Å². The second kappa shape index (κ2) is 6.01. The standard InChI is InChI=1S/C12H17F3N2O2S/c1-3-7-17(8-12(13,14)15)20(18,19)11-9(2)5-4-6-10(11)16/h4-6H,3,7-8,16H2,1-2H3. The van der Waals surface area contributed by atoms with Gasteiger partial charge in [-0.3, -0.25) is 0 Å². The highest BCUT2D eigenvalue weighted by Crippen LogP contribution is 2.28. The number of halogens is 3. The van der Waals surface area contributed by atoms with E-state index in [9.17, 15) is 21.6 Å². The number of hydrogen-bond donors (Lipinski definition) is 1. The molecule has 0 aromatic heterocycles. The molecule has 2 N–H and O–H groups in total. The van der Waals surface area contributed by atoms with Gasteiger partial charge in [0.15, 0.2) is 0 Å². The lowest BCUT2D eigenvalue weighted by Crippen LogP contribution is -2.39. The maximum atomic E-state index is 12.5. The van der Waals surface area contributed by atoms with Crippen LogP contribution in [0.25, 0.3) is 0 Å². The summed E-state index contributed by atoms with van der Waals surface area (Å²) in [6, 6.07) is 4.41. The first kappa shape index (κ1) is 16.8. The second-order valence-electron chi connectivity index (χ2n) is 4.45. The lowest BCUT2D eigenvalue weighted by molar-refractivity contribution is -0.136. The van der Waals surface area contributed by atoms with Gasteiger partial charge in [0.2, 0.25) is 10.0 Å². The first-order valence-electron chi connectivity index (χ1n) is 6.01. The monoisotopic (exact) mass is 310 g/mol. The number of sulfonamides is 1. The number of benzene rings is 1. The normalized spacial score (nSPS) is 12.9. The SMILES string of the molecule is CCCN(CC(F)(F)F)S(=O)(=O)c1c(C)cccc1N. The Labute approximate surface area is 116 Å². The van der Waals surface area contributed by atoms with Gasteiger partial charge in [0.05, 0.1) is 5.69 Å². The van der Waals surface area contributed by atoms with Crippen LogP contribution in [0.4, 0.5) is 18.9 Å². The van der Waals surface area contributed by atoms with E-state index in [1.165, 1.54) is 19.1 Å². The molecule has 0 heterocycles. The molecule has 0 unspecified atom stereocenters. The minimum absolute atomic E-state index is 0.0479. The highest BCUT2D eigenvalue weighted by atomic mass is 32.2. The molecule has 1 aromatic carbocycles. The maximum absolute atomic E-state index is 12.5. The first-order valence-corrected chi connectivity index (χ1v) is 7.45. The summed E-state index contributed by atoms with van der Waals surface area (Å²) in [6.45, 7) is 1.38. The molecule has 1 aromatic rings. The Morgan fingerprint density at radius 3 is 2.35 bits per heavy atom. The Balaban J connectivity index is 3.30. The van der Waals surface area contributed by atoms with Crippen molar-refractivity contribution in [1.82, 2.24) is 4.31 Å². The van der Waals surface area contributed by atoms with E-state index in [0.717, 1.165) is 0 Å². The van der Waals surface area contributed by atoms with Gasteiger partial charge in [-0.25, -0.2) is 8.42 Å². The Kier molecular flexibility index (Phi) is 5.04. The average molecular weight is 310 g/mol. The van der Waals surface area contributed by atoms with Crippen molar-refractivity contribution >= 4 is 15.7 Å². The summed E-state index contributed by atoms with van der Waals surface area (Å²) in [6.07, 6.45) is -4.32. The van der Waals surface area contributed by atoms with E-state index in [4.69, 9.17) is 5.73 Å². The number of hydrogen-bond acceptors (Lipinski definition) is 3. The number of nitrogen functional groups attached to an aromatic ring is 1. The zero-order valence-electron chi connectivity index (χ0n) is 11.2. The molecule has 0 amide bonds. The highest BCUT2D eigenvalue weighted by molar-refractivity contribution is 7.89. The van der Waals surface area contributed by atoms with Gasteiger partial charge in [0, 0.05) is 6.54 Å². The third-order valence-corrected chi connectivity index (χ3v) is 4.73. The molecule has 4 nitrogen and oxygen atoms in total. The second-order valence-corrected chi connectivity index (χ2v) is 6.32. The van der Waals surface area contributed by atoms with Crippen LogP contribution in [0.5, 0.6) is 0 Å². The Morgan fingerprint density at radius 1 is 1.30 bits per heavy atom. The van der Waals surface area contributed by atoms with Crippen molar-refractivity contribution in [2.75, 3.05) is 18.8 Å². The van der Waals surface area contributed by atoms with Crippen molar-refractivity contribution in [2.45, 2.75) is 31.3 Å². The summed E-state index contributed by atoms with van der Waals surface area (Å²) >= 11 is 0. The molecule has 0 aliphatic carbocycles. The summed E-state index contributed by atoms with van der Waals surface area (Å²) in [4.78, 5) is -0.252. The van der Waals surface area contributed by atoms with E-state index in [0.29, 0.717) is 9.87 Å². The number of alkyl halides is 3. The molecule has 0 aliphatic rings. The fraction of sp³-hybridized carbons (Fsp3) is 0.500. The molecule has 0 bridgehead atoms. The van der Waals surface area contributed by atoms with E-state index < -0.39 is 22.7 Å². The molecule has 114 valence electrons. The van der Waals surface area contributed by atoms with E-state index in [1.54, 1.807) is 13.0 Å². The summed E-state index contributed by atoms with van der Waals surface area (Å²) in [5.41, 5.74) is 5.90. The van der Waals surface area contributed by atoms with E-state index in [-0.39, 0.29) is 23.5 Å². The minimum Gasteiger partial charge on any atom is -0.398 e. The van der Waals surface area contributed by atoms with Crippen LogP contribution in [-0.4, -0.2) is 32.0 Å². The molecule has 20 heavy (non-hydrogen) atoms. The molecule has 0 fully saturated rings. The van der Waals surface area contributed by atoms with Gasteiger partial charge in [-0.05, 0) is 25.0 Å². The fourth-order valence-corrected chi connectivity index (χ4v) is 3.73. The molecular formula is C12H17F3N2O2S. The zero-order chi connectivity index (χ0) is 15.6. The summed E-state index contributed by atoms with van der Waals surface area (Å²) in [7, 11) is -4.27. The van der Waals surface area contributed by atoms with Crippen LogP contribution in [0.2, 0.25) is 0 Å². The topological polar surface area (TPSA) is 63.4 Å². The molecule has 0 spiro atoms. The number of anilines is 1. The Morgan fingerprint density at radius 2 is 1.90 bits per heavy atom. The predicted molar refractivity (Wildman–Crippen MR) is 70.7 cm³/mol. The first-order chi connectivity index (χ1) is 9.09. The zero-order valence-corrected chi connectivity index (χ0v) is 12.1. The Hall–Kier alpha value is -1.28. The third-order valence-electron chi connectivity index (χ3n) is 2.67. The van der Waals surface area contributed by atoms with Crippen LogP contribution in [0.3, 0.4) is 0 Å². The maximum Gasteiger partial charge on any atom is 0.402 e. The molecule has 0 saturated heterocycles. The number of nitrogens with zero attached hydrogens (tertiary/aromatic N) is 1. The molecule has 0 saturated carbocycles. The van der Waals surface area contributed by atoms with Crippen molar-refractivity contribution in [1.29, 1.82) is 0 Å². The summed E-state index contributed by atoms with van der Waals surface area (Å²) in [5, 5.41) is 0. The van der Waals surface area contributed by atoms with Gasteiger partial charge in [0.1, 0.15) is 11.4 Å². The van der Waals surface area contributed by atoms with Gasteiger partial charge >= 0.3 is 6.18 Å². The largest absolute Gasteiger partial charge is 0.402 e. The third kappa shape index (κ3) is 3.86. The molecular weight excluding hydrogens is 293 g/mol. The highest BCUT2D eigenvalue weighted by Gasteiger charge is 2.37. The Bertz CT molecular complexity index is 550. The van der Waals surface area contributed by atoms with Crippen LogP contribution in [0.15, 0.2) is 23.1 Å². The number of nitrogens with two attached hydrogens (primary N) is 1. The van der Waals surface area contributed by atoms with Crippen molar-refractivity contribution < 1.29 is 21.6 Å². The van der Waals surface area contributed by atoms with Crippen molar-refractivity contribution in [2.24, 2.45) is 0 Å². The fourth-order valence-electron chi connectivity index (χ4n) is 1.89. The molecule has 1 rings (SSSR count). The smallest absolute Gasteiger partial charge is 0.398 e. The molecule has 0 radical (unpaired) electrons. The predicted octanol–water partition coefficient (Wildman–Crippen LogP) is 2.54. The van der Waals surface area contributed by atoms with Crippen molar-refractivity contribution in [3.63, 3.8) is 0 Å². The van der Waals surface area contributed by atoms with Gasteiger partial charge in [0.25, 0.3) is 0 Å². The lowest BCUT2D eigenvalue weighted by atomic mass is 10.2. The van der Waals surface area contributed by atoms with Crippen LogP contribution in [-0.2, 0) is 10.0 Å². The molecule has 0 aliphatic heterocycles. The van der Waals surface area contributed by atoms with E-state index in [1.807, 2.05) is 0 Å². The quantitative estimate of drug-likeness (QED) is 0.850. The van der Waals surface area contributed by atoms with Crippen LogP contribution in [0, 0.1) is 6.92 Å². The van der Waals surface area contributed by atoms with Crippen molar-refractivity contribution in [3.05, 3.63) is 23.8 Å². The van der Waals surface area contributed by atoms with Crippen LogP contribution >= 0.6 is 0 Å². The molecule has 8 heteroatoms. The minimum atomic E-state index is -4.60. The summed E-state index contributed by atoms with van der Waals surface area (Å²) < 4.78 is 62.8. The average Bonchev–Trinajstić information content (AvgIpc) is 2.26. The van der Waals surface area contributed by atoms with E-state index >= 15 is 0 Å². The van der Waals surface area contributed by atoms with Gasteiger partial charge in [-0.1, -0.05) is 19.1 Å². The number of rotatable bonds is 5. The van der Waals surface area contributed by atoms with Crippen LogP contribution in [0.1, 0.15) is 18.9 Å². The number of aryl methyl sites for hydroxylation is 1. The van der Waals surface area contributed by atoms with Gasteiger partial charge < -0.3 is 5.73 Å². The lowest BCUT2D eigenvalue weighted by Gasteiger charge is -2.24. The van der Waals surface area contributed by atoms with Gasteiger partial charge in [-0.2, -0.15) is 17.5 Å². The van der Waals surface area contributed by atoms with Gasteiger partial charge in [-0.15, -0.1) is 0 Å². The summed E-state index contributed by atoms with van der Waals surface area (Å²) in [5.74, 6) is 0. The van der Waals surface area contributed by atoms with E-state index in [2.05, 4.69) is 0 Å². The molecule has 0 atom stereocenters.